The van der Waals surface area contributed by atoms with E-state index in [1.54, 1.807) is 18.5 Å². The molecule has 0 radical (unpaired) electrons. The fourth-order valence-electron chi connectivity index (χ4n) is 1.50. The van der Waals surface area contributed by atoms with E-state index < -0.39 is 28.9 Å². The topological polar surface area (TPSA) is 44.9 Å². The van der Waals surface area contributed by atoms with Crippen LogP contribution in [0.2, 0.25) is 0 Å². The number of benzene rings is 1. The molecule has 2 aromatic rings. The van der Waals surface area contributed by atoms with Gasteiger partial charge < -0.3 is 10.3 Å². The number of nitrogens with one attached hydrogen (secondary N) is 2. The smallest absolute Gasteiger partial charge is 0.257 e. The predicted octanol–water partition coefficient (Wildman–Crippen LogP) is 2.36. The highest BCUT2D eigenvalue weighted by atomic mass is 19.1. The normalized spacial score (nSPS) is 10.4. The standard InChI is InChI=1S/C12H9F3N2O/c13-8-3-9(14)11(10(15)4-8)12(18)17-6-7-1-2-16-5-7/h1-5,16H,6H2,(H,17,18). The van der Waals surface area contributed by atoms with E-state index in [-0.39, 0.29) is 6.54 Å². The highest BCUT2D eigenvalue weighted by molar-refractivity contribution is 5.94. The van der Waals surface area contributed by atoms with E-state index in [1.807, 2.05) is 0 Å². The molecule has 0 atom stereocenters. The minimum Gasteiger partial charge on any atom is -0.367 e. The molecule has 2 rings (SSSR count). The summed E-state index contributed by atoms with van der Waals surface area (Å²) >= 11 is 0. The highest BCUT2D eigenvalue weighted by Crippen LogP contribution is 2.14. The van der Waals surface area contributed by atoms with E-state index in [4.69, 9.17) is 0 Å². The molecule has 3 nitrogen and oxygen atoms in total. The molecule has 0 unspecified atom stereocenters. The number of H-pyrrole nitrogens is 1. The van der Waals surface area contributed by atoms with Gasteiger partial charge in [-0.2, -0.15) is 0 Å². The van der Waals surface area contributed by atoms with Crippen molar-refractivity contribution in [3.8, 4) is 0 Å². The quantitative estimate of drug-likeness (QED) is 0.867. The summed E-state index contributed by atoms with van der Waals surface area (Å²) in [7, 11) is 0. The first-order valence-electron chi connectivity index (χ1n) is 5.12. The van der Waals surface area contributed by atoms with Gasteiger partial charge in [0.15, 0.2) is 0 Å². The first-order chi connectivity index (χ1) is 8.58. The van der Waals surface area contributed by atoms with Crippen LogP contribution in [-0.2, 0) is 6.54 Å². The Balaban J connectivity index is 2.14. The molecular formula is C12H9F3N2O. The van der Waals surface area contributed by atoms with E-state index in [0.29, 0.717) is 12.1 Å². The molecule has 18 heavy (non-hydrogen) atoms. The molecule has 94 valence electrons. The third-order valence-corrected chi connectivity index (χ3v) is 2.35. The SMILES string of the molecule is O=C(NCc1cc[nH]c1)c1c(F)cc(F)cc1F. The van der Waals surface area contributed by atoms with Crippen LogP contribution in [-0.4, -0.2) is 10.9 Å². The Kier molecular flexibility index (Phi) is 3.36. The molecule has 1 amide bonds. The second kappa shape index (κ2) is 4.95. The molecule has 0 aliphatic heterocycles. The maximum Gasteiger partial charge on any atom is 0.257 e. The van der Waals surface area contributed by atoms with Crippen LogP contribution in [0.4, 0.5) is 13.2 Å². The largest absolute Gasteiger partial charge is 0.367 e. The predicted molar refractivity (Wildman–Crippen MR) is 58.3 cm³/mol. The second-order valence-electron chi connectivity index (χ2n) is 3.65. The van der Waals surface area contributed by atoms with Crippen molar-refractivity contribution in [2.45, 2.75) is 6.54 Å². The zero-order chi connectivity index (χ0) is 13.1. The summed E-state index contributed by atoms with van der Waals surface area (Å²) in [6, 6.07) is 2.64. The summed E-state index contributed by atoms with van der Waals surface area (Å²) in [5.41, 5.74) is -0.0294. The van der Waals surface area contributed by atoms with Gasteiger partial charge in [0, 0.05) is 31.1 Å². The zero-order valence-electron chi connectivity index (χ0n) is 9.14. The van der Waals surface area contributed by atoms with E-state index in [1.165, 1.54) is 0 Å². The van der Waals surface area contributed by atoms with Crippen LogP contribution >= 0.6 is 0 Å². The Hall–Kier alpha value is -2.24. The lowest BCUT2D eigenvalue weighted by atomic mass is 10.1. The molecule has 2 N–H and O–H groups in total. The van der Waals surface area contributed by atoms with Gasteiger partial charge in [0.2, 0.25) is 0 Å². The van der Waals surface area contributed by atoms with Crippen molar-refractivity contribution in [1.29, 1.82) is 0 Å². The van der Waals surface area contributed by atoms with Gasteiger partial charge in [0.1, 0.15) is 23.0 Å². The Morgan fingerprint density at radius 3 is 2.44 bits per heavy atom. The Morgan fingerprint density at radius 2 is 1.89 bits per heavy atom. The van der Waals surface area contributed by atoms with Crippen molar-refractivity contribution in [3.05, 3.63) is 59.2 Å². The van der Waals surface area contributed by atoms with Gasteiger partial charge in [-0.05, 0) is 11.6 Å². The van der Waals surface area contributed by atoms with Gasteiger partial charge in [-0.25, -0.2) is 13.2 Å². The maximum absolute atomic E-state index is 13.3. The van der Waals surface area contributed by atoms with E-state index >= 15 is 0 Å². The third-order valence-electron chi connectivity index (χ3n) is 2.35. The molecule has 0 spiro atoms. The summed E-state index contributed by atoms with van der Waals surface area (Å²) in [5.74, 6) is -4.43. The number of carbonyl (C=O) groups excluding carboxylic acids is 1. The molecule has 0 aliphatic rings. The lowest BCUT2D eigenvalue weighted by Crippen LogP contribution is -2.25. The van der Waals surface area contributed by atoms with Crippen molar-refractivity contribution < 1.29 is 18.0 Å². The number of aromatic nitrogens is 1. The lowest BCUT2D eigenvalue weighted by Gasteiger charge is -2.06. The Labute approximate surface area is 101 Å². The number of carbonyl (C=O) groups is 1. The van der Waals surface area contributed by atoms with Gasteiger partial charge in [-0.15, -0.1) is 0 Å². The summed E-state index contributed by atoms with van der Waals surface area (Å²) in [4.78, 5) is 14.3. The number of hydrogen-bond donors (Lipinski definition) is 2. The first kappa shape index (κ1) is 12.2. The molecule has 0 aliphatic carbocycles. The van der Waals surface area contributed by atoms with Crippen LogP contribution in [0.15, 0.2) is 30.6 Å². The molecular weight excluding hydrogens is 245 g/mol. The number of halogens is 3. The minimum absolute atomic E-state index is 0.124. The number of hydrogen-bond acceptors (Lipinski definition) is 1. The van der Waals surface area contributed by atoms with Crippen molar-refractivity contribution in [2.24, 2.45) is 0 Å². The molecule has 0 fully saturated rings. The van der Waals surface area contributed by atoms with Gasteiger partial charge in [0.25, 0.3) is 5.91 Å². The average Bonchev–Trinajstić information content (AvgIpc) is 2.77. The van der Waals surface area contributed by atoms with E-state index in [0.717, 1.165) is 5.56 Å². The molecule has 1 heterocycles. The highest BCUT2D eigenvalue weighted by Gasteiger charge is 2.18. The molecule has 0 bridgehead atoms. The summed E-state index contributed by atoms with van der Waals surface area (Å²) < 4.78 is 39.2. The number of amides is 1. The van der Waals surface area contributed by atoms with Crippen LogP contribution in [0, 0.1) is 17.5 Å². The fraction of sp³-hybridized carbons (Fsp3) is 0.0833. The lowest BCUT2D eigenvalue weighted by molar-refractivity contribution is 0.0942. The average molecular weight is 254 g/mol. The Morgan fingerprint density at radius 1 is 1.22 bits per heavy atom. The van der Waals surface area contributed by atoms with Crippen LogP contribution in [0.5, 0.6) is 0 Å². The fourth-order valence-corrected chi connectivity index (χ4v) is 1.50. The zero-order valence-corrected chi connectivity index (χ0v) is 9.14. The van der Waals surface area contributed by atoms with Gasteiger partial charge in [-0.1, -0.05) is 0 Å². The number of rotatable bonds is 3. The summed E-state index contributed by atoms with van der Waals surface area (Å²) in [6.07, 6.45) is 3.29. The van der Waals surface area contributed by atoms with Crippen LogP contribution in [0.25, 0.3) is 0 Å². The van der Waals surface area contributed by atoms with Crippen molar-refractivity contribution in [2.75, 3.05) is 0 Å². The summed E-state index contributed by atoms with van der Waals surface area (Å²) in [6.45, 7) is 0.124. The van der Waals surface area contributed by atoms with Crippen molar-refractivity contribution in [3.63, 3.8) is 0 Å². The van der Waals surface area contributed by atoms with Crippen LogP contribution in [0.1, 0.15) is 15.9 Å². The van der Waals surface area contributed by atoms with Crippen LogP contribution < -0.4 is 5.32 Å². The van der Waals surface area contributed by atoms with Gasteiger partial charge in [-0.3, -0.25) is 4.79 Å². The van der Waals surface area contributed by atoms with Gasteiger partial charge >= 0.3 is 0 Å². The van der Waals surface area contributed by atoms with Crippen molar-refractivity contribution >= 4 is 5.91 Å². The van der Waals surface area contributed by atoms with Crippen LogP contribution in [0.3, 0.4) is 0 Å². The van der Waals surface area contributed by atoms with Gasteiger partial charge in [0.05, 0.1) is 0 Å². The molecule has 1 aromatic carbocycles. The minimum atomic E-state index is -1.22. The monoisotopic (exact) mass is 254 g/mol. The Bertz CT molecular complexity index is 544. The second-order valence-corrected chi connectivity index (χ2v) is 3.65. The van der Waals surface area contributed by atoms with E-state index in [2.05, 4.69) is 10.3 Å². The third kappa shape index (κ3) is 2.53. The van der Waals surface area contributed by atoms with E-state index in [9.17, 15) is 18.0 Å². The maximum atomic E-state index is 13.3. The first-order valence-corrected chi connectivity index (χ1v) is 5.12. The molecule has 0 saturated heterocycles. The summed E-state index contributed by atoms with van der Waals surface area (Å²) in [5, 5.41) is 2.34. The molecule has 0 saturated carbocycles. The molecule has 6 heteroatoms. The van der Waals surface area contributed by atoms with Crippen molar-refractivity contribution in [1.82, 2.24) is 10.3 Å². The molecule has 1 aromatic heterocycles. The number of aromatic amines is 1.